The summed E-state index contributed by atoms with van der Waals surface area (Å²) in [6, 6.07) is 6.92. The number of rotatable bonds is 5. The Morgan fingerprint density at radius 3 is 2.55 bits per heavy atom. The summed E-state index contributed by atoms with van der Waals surface area (Å²) in [6.07, 6.45) is 3.77. The Balaban J connectivity index is 0.00000180. The van der Waals surface area contributed by atoms with Crippen molar-refractivity contribution in [1.29, 1.82) is 0 Å². The van der Waals surface area contributed by atoms with Crippen molar-refractivity contribution in [2.45, 2.75) is 39.2 Å². The van der Waals surface area contributed by atoms with Crippen LogP contribution < -0.4 is 5.32 Å². The topological polar surface area (TPSA) is 28.2 Å². The summed E-state index contributed by atoms with van der Waals surface area (Å²) in [6.45, 7) is 8.84. The molecule has 1 aromatic heterocycles. The van der Waals surface area contributed by atoms with Gasteiger partial charge in [-0.2, -0.15) is 0 Å². The molecule has 1 aliphatic heterocycles. The van der Waals surface area contributed by atoms with E-state index in [1.165, 1.54) is 25.0 Å². The molecule has 0 unspecified atom stereocenters. The molecule has 0 aliphatic carbocycles. The number of piperazine rings is 1. The summed E-state index contributed by atoms with van der Waals surface area (Å²) in [5.74, 6) is 0. The zero-order chi connectivity index (χ0) is 12.8. The van der Waals surface area contributed by atoms with Gasteiger partial charge in [-0.15, -0.1) is 24.8 Å². The highest BCUT2D eigenvalue weighted by molar-refractivity contribution is 5.85. The van der Waals surface area contributed by atoms with Crippen LogP contribution in [0.5, 0.6) is 0 Å². The molecule has 0 aromatic carbocycles. The predicted molar refractivity (Wildman–Crippen MR) is 90.2 cm³/mol. The van der Waals surface area contributed by atoms with E-state index in [2.05, 4.69) is 42.3 Å². The maximum atomic E-state index is 4.74. The Morgan fingerprint density at radius 1 is 1.25 bits per heavy atom. The Kier molecular flexibility index (Phi) is 10.2. The van der Waals surface area contributed by atoms with Crippen LogP contribution in [-0.2, 0) is 0 Å². The Labute approximate surface area is 135 Å². The van der Waals surface area contributed by atoms with Crippen molar-refractivity contribution >= 4 is 24.8 Å². The van der Waals surface area contributed by atoms with Crippen LogP contribution >= 0.6 is 24.8 Å². The lowest BCUT2D eigenvalue weighted by Gasteiger charge is -2.34. The smallest absolute Gasteiger partial charge is 0.0578 e. The number of nitrogens with one attached hydrogen (secondary N) is 1. The van der Waals surface area contributed by atoms with Crippen LogP contribution in [0.3, 0.4) is 0 Å². The Bertz CT molecular complexity index is 368. The summed E-state index contributed by atoms with van der Waals surface area (Å²) in [5, 5.41) is 3.43. The normalized spacial score (nSPS) is 16.9. The lowest BCUT2D eigenvalue weighted by atomic mass is 10.0. The first-order chi connectivity index (χ1) is 8.81. The van der Waals surface area contributed by atoms with E-state index in [1.54, 1.807) is 0 Å². The first-order valence-corrected chi connectivity index (χ1v) is 7.19. The molecule has 2 heterocycles. The summed E-state index contributed by atoms with van der Waals surface area (Å²) in [7, 11) is 0. The van der Waals surface area contributed by atoms with Crippen molar-refractivity contribution in [3.05, 3.63) is 29.6 Å². The SMILES string of the molecule is CCCC[C@@H](c1cccc(C)n1)N1CCNCC1.Cl.Cl. The number of unbranched alkanes of at least 4 members (excludes halogenated alkanes) is 1. The van der Waals surface area contributed by atoms with E-state index in [0.29, 0.717) is 6.04 Å². The fourth-order valence-electron chi connectivity index (χ4n) is 2.66. The van der Waals surface area contributed by atoms with Gasteiger partial charge in [-0.1, -0.05) is 25.8 Å². The standard InChI is InChI=1S/C15H25N3.2ClH/c1-3-4-8-15(18-11-9-16-10-12-18)14-7-5-6-13(2)17-14;;/h5-7,15-16H,3-4,8-12H2,1-2H3;2*1H/t15-;;/m0../s1. The molecule has 1 N–H and O–H groups in total. The average molecular weight is 320 g/mol. The van der Waals surface area contributed by atoms with Gasteiger partial charge >= 0.3 is 0 Å². The third kappa shape index (κ3) is 5.57. The van der Waals surface area contributed by atoms with Crippen molar-refractivity contribution < 1.29 is 0 Å². The van der Waals surface area contributed by atoms with Gasteiger partial charge in [0.2, 0.25) is 0 Å². The molecule has 1 saturated heterocycles. The number of halogens is 2. The quantitative estimate of drug-likeness (QED) is 0.901. The molecule has 2 rings (SSSR count). The van der Waals surface area contributed by atoms with Crippen LogP contribution in [0, 0.1) is 6.92 Å². The minimum Gasteiger partial charge on any atom is -0.314 e. The first kappa shape index (κ1) is 19.7. The molecule has 1 atom stereocenters. The minimum absolute atomic E-state index is 0. The Hall–Kier alpha value is -0.350. The van der Waals surface area contributed by atoms with E-state index < -0.39 is 0 Å². The van der Waals surface area contributed by atoms with E-state index >= 15 is 0 Å². The van der Waals surface area contributed by atoms with Gasteiger partial charge in [0.25, 0.3) is 0 Å². The van der Waals surface area contributed by atoms with Gasteiger partial charge < -0.3 is 5.32 Å². The van der Waals surface area contributed by atoms with Crippen LogP contribution in [0.2, 0.25) is 0 Å². The lowest BCUT2D eigenvalue weighted by Crippen LogP contribution is -2.45. The fourth-order valence-corrected chi connectivity index (χ4v) is 2.66. The highest BCUT2D eigenvalue weighted by atomic mass is 35.5. The molecule has 0 bridgehead atoms. The van der Waals surface area contributed by atoms with Crippen LogP contribution in [0.15, 0.2) is 18.2 Å². The molecule has 0 radical (unpaired) electrons. The van der Waals surface area contributed by atoms with Crippen LogP contribution in [-0.4, -0.2) is 36.1 Å². The van der Waals surface area contributed by atoms with Crippen molar-refractivity contribution in [2.75, 3.05) is 26.2 Å². The van der Waals surface area contributed by atoms with Gasteiger partial charge in [0.15, 0.2) is 0 Å². The second kappa shape index (κ2) is 10.4. The summed E-state index contributed by atoms with van der Waals surface area (Å²) < 4.78 is 0. The summed E-state index contributed by atoms with van der Waals surface area (Å²) in [5.41, 5.74) is 2.38. The van der Waals surface area contributed by atoms with Crippen molar-refractivity contribution in [3.63, 3.8) is 0 Å². The van der Waals surface area contributed by atoms with Gasteiger partial charge in [0.1, 0.15) is 0 Å². The molecule has 1 aliphatic rings. The number of pyridine rings is 1. The van der Waals surface area contributed by atoms with E-state index in [1.807, 2.05) is 0 Å². The predicted octanol–water partition coefficient (Wildman–Crippen LogP) is 3.37. The number of hydrogen-bond acceptors (Lipinski definition) is 3. The molecule has 20 heavy (non-hydrogen) atoms. The number of nitrogens with zero attached hydrogens (tertiary/aromatic N) is 2. The molecule has 0 saturated carbocycles. The molecular weight excluding hydrogens is 293 g/mol. The van der Waals surface area contributed by atoms with E-state index in [-0.39, 0.29) is 24.8 Å². The third-order valence-electron chi connectivity index (χ3n) is 3.67. The zero-order valence-electron chi connectivity index (χ0n) is 12.5. The molecule has 5 heteroatoms. The van der Waals surface area contributed by atoms with Crippen molar-refractivity contribution in [1.82, 2.24) is 15.2 Å². The van der Waals surface area contributed by atoms with E-state index in [9.17, 15) is 0 Å². The van der Waals surface area contributed by atoms with Crippen molar-refractivity contribution in [2.24, 2.45) is 0 Å². The maximum absolute atomic E-state index is 4.74. The second-order valence-corrected chi connectivity index (χ2v) is 5.15. The highest BCUT2D eigenvalue weighted by Crippen LogP contribution is 2.25. The number of hydrogen-bond donors (Lipinski definition) is 1. The summed E-state index contributed by atoms with van der Waals surface area (Å²) in [4.78, 5) is 7.33. The third-order valence-corrected chi connectivity index (χ3v) is 3.67. The van der Waals surface area contributed by atoms with Crippen LogP contribution in [0.25, 0.3) is 0 Å². The molecule has 0 amide bonds. The lowest BCUT2D eigenvalue weighted by molar-refractivity contribution is 0.160. The van der Waals surface area contributed by atoms with Gasteiger partial charge in [0, 0.05) is 31.9 Å². The fraction of sp³-hybridized carbons (Fsp3) is 0.667. The van der Waals surface area contributed by atoms with Gasteiger partial charge in [-0.25, -0.2) is 0 Å². The van der Waals surface area contributed by atoms with Crippen LogP contribution in [0.1, 0.15) is 43.6 Å². The van der Waals surface area contributed by atoms with Gasteiger partial charge in [-0.05, 0) is 25.5 Å². The second-order valence-electron chi connectivity index (χ2n) is 5.15. The maximum Gasteiger partial charge on any atom is 0.0578 e. The van der Waals surface area contributed by atoms with Gasteiger partial charge in [-0.3, -0.25) is 9.88 Å². The van der Waals surface area contributed by atoms with Crippen LogP contribution in [0.4, 0.5) is 0 Å². The number of aromatic nitrogens is 1. The molecule has 3 nitrogen and oxygen atoms in total. The monoisotopic (exact) mass is 319 g/mol. The van der Waals surface area contributed by atoms with E-state index in [0.717, 1.165) is 31.9 Å². The molecule has 1 fully saturated rings. The molecular formula is C15H27Cl2N3. The molecule has 1 aromatic rings. The first-order valence-electron chi connectivity index (χ1n) is 7.19. The zero-order valence-corrected chi connectivity index (χ0v) is 14.1. The summed E-state index contributed by atoms with van der Waals surface area (Å²) >= 11 is 0. The minimum atomic E-state index is 0. The largest absolute Gasteiger partial charge is 0.314 e. The number of aryl methyl sites for hydroxylation is 1. The molecule has 0 spiro atoms. The Morgan fingerprint density at radius 2 is 1.95 bits per heavy atom. The van der Waals surface area contributed by atoms with Crippen molar-refractivity contribution in [3.8, 4) is 0 Å². The molecule has 116 valence electrons. The highest BCUT2D eigenvalue weighted by Gasteiger charge is 2.22. The van der Waals surface area contributed by atoms with Gasteiger partial charge in [0.05, 0.1) is 11.7 Å². The van der Waals surface area contributed by atoms with E-state index in [4.69, 9.17) is 4.98 Å². The average Bonchev–Trinajstić information content (AvgIpc) is 2.40.